The summed E-state index contributed by atoms with van der Waals surface area (Å²) in [5, 5.41) is 3.16. The monoisotopic (exact) mass is 327 g/mol. The first-order valence-corrected chi connectivity index (χ1v) is 9.23. The predicted molar refractivity (Wildman–Crippen MR) is 99.7 cm³/mol. The van der Waals surface area contributed by atoms with Crippen molar-refractivity contribution >= 4 is 17.7 Å². The summed E-state index contributed by atoms with van der Waals surface area (Å²) in [6, 6.07) is 16.8. The Kier molecular flexibility index (Phi) is 6.72. The molecule has 0 aliphatic carbocycles. The van der Waals surface area contributed by atoms with Crippen LogP contribution in [0.3, 0.4) is 0 Å². The number of rotatable bonds is 7. The van der Waals surface area contributed by atoms with Gasteiger partial charge in [-0.3, -0.25) is 4.79 Å². The number of thioether (sulfide) groups is 1. The largest absolute Gasteiger partial charge is 0.349 e. The van der Waals surface area contributed by atoms with Gasteiger partial charge in [-0.05, 0) is 42.5 Å². The van der Waals surface area contributed by atoms with Crippen LogP contribution in [0.4, 0.5) is 0 Å². The molecule has 1 unspecified atom stereocenters. The van der Waals surface area contributed by atoms with Gasteiger partial charge in [0, 0.05) is 5.75 Å². The summed E-state index contributed by atoms with van der Waals surface area (Å²) in [6.07, 6.45) is 0.900. The van der Waals surface area contributed by atoms with E-state index in [4.69, 9.17) is 0 Å². The van der Waals surface area contributed by atoms with Gasteiger partial charge in [0.25, 0.3) is 0 Å². The van der Waals surface area contributed by atoms with Crippen molar-refractivity contribution in [1.29, 1.82) is 0 Å². The number of amides is 1. The van der Waals surface area contributed by atoms with E-state index in [2.05, 4.69) is 56.4 Å². The molecule has 122 valence electrons. The number of aryl methyl sites for hydroxylation is 2. The Morgan fingerprint density at radius 2 is 1.83 bits per heavy atom. The zero-order valence-electron chi connectivity index (χ0n) is 14.1. The van der Waals surface area contributed by atoms with Gasteiger partial charge in [-0.1, -0.05) is 55.5 Å². The third-order valence-corrected chi connectivity index (χ3v) is 5.03. The number of hydrogen-bond donors (Lipinski definition) is 1. The highest BCUT2D eigenvalue weighted by Gasteiger charge is 2.13. The van der Waals surface area contributed by atoms with E-state index in [0.717, 1.165) is 12.2 Å². The fourth-order valence-electron chi connectivity index (χ4n) is 2.47. The highest BCUT2D eigenvalue weighted by molar-refractivity contribution is 7.99. The summed E-state index contributed by atoms with van der Waals surface area (Å²) in [5.74, 6) is 1.47. The fourth-order valence-corrected chi connectivity index (χ4v) is 3.27. The fraction of sp³-hybridized carbons (Fsp3) is 0.350. The van der Waals surface area contributed by atoms with Gasteiger partial charge < -0.3 is 5.32 Å². The van der Waals surface area contributed by atoms with E-state index in [9.17, 15) is 4.79 Å². The van der Waals surface area contributed by atoms with Crippen molar-refractivity contribution < 1.29 is 4.79 Å². The Labute approximate surface area is 143 Å². The Balaban J connectivity index is 1.85. The highest BCUT2D eigenvalue weighted by atomic mass is 32.2. The van der Waals surface area contributed by atoms with Crippen LogP contribution in [-0.2, 0) is 10.5 Å². The van der Waals surface area contributed by atoms with Gasteiger partial charge in [-0.25, -0.2) is 0 Å². The number of carbonyl (C=O) groups excluding carboxylic acids is 1. The molecule has 0 spiro atoms. The van der Waals surface area contributed by atoms with E-state index < -0.39 is 0 Å². The average Bonchev–Trinajstić information content (AvgIpc) is 2.56. The first kappa shape index (κ1) is 17.6. The van der Waals surface area contributed by atoms with E-state index in [1.807, 2.05) is 18.2 Å². The van der Waals surface area contributed by atoms with Gasteiger partial charge in [-0.2, -0.15) is 0 Å². The molecule has 1 amide bonds. The topological polar surface area (TPSA) is 29.1 Å². The number of carbonyl (C=O) groups is 1. The second-order valence-corrected chi connectivity index (χ2v) is 6.84. The molecular formula is C20H25NOS. The molecule has 2 nitrogen and oxygen atoms in total. The zero-order valence-corrected chi connectivity index (χ0v) is 15.0. The number of benzene rings is 2. The minimum absolute atomic E-state index is 0.0964. The van der Waals surface area contributed by atoms with Crippen LogP contribution in [0.5, 0.6) is 0 Å². The quantitative estimate of drug-likeness (QED) is 0.791. The first-order valence-electron chi connectivity index (χ1n) is 8.08. The third kappa shape index (κ3) is 5.43. The average molecular weight is 327 g/mol. The summed E-state index contributed by atoms with van der Waals surface area (Å²) in [4.78, 5) is 12.2. The predicted octanol–water partition coefficient (Wildman–Crippen LogP) is 4.80. The smallest absolute Gasteiger partial charge is 0.230 e. The van der Waals surface area contributed by atoms with Crippen LogP contribution < -0.4 is 5.32 Å². The minimum atomic E-state index is 0.0964. The van der Waals surface area contributed by atoms with Crippen molar-refractivity contribution in [3.8, 4) is 0 Å². The molecule has 1 N–H and O–H groups in total. The molecule has 0 aliphatic rings. The molecule has 0 saturated heterocycles. The molecule has 0 aromatic heterocycles. The molecule has 0 heterocycles. The molecule has 0 fully saturated rings. The van der Waals surface area contributed by atoms with Gasteiger partial charge >= 0.3 is 0 Å². The maximum Gasteiger partial charge on any atom is 0.230 e. The van der Waals surface area contributed by atoms with Gasteiger partial charge in [0.1, 0.15) is 0 Å². The van der Waals surface area contributed by atoms with Crippen LogP contribution in [0.15, 0.2) is 48.5 Å². The minimum Gasteiger partial charge on any atom is -0.349 e. The SMILES string of the molecule is CCC(NC(=O)CSCc1ccccc1)c1ccc(C)c(C)c1. The van der Waals surface area contributed by atoms with Crippen molar-refractivity contribution in [2.75, 3.05) is 5.75 Å². The van der Waals surface area contributed by atoms with Crippen molar-refractivity contribution in [1.82, 2.24) is 5.32 Å². The molecule has 23 heavy (non-hydrogen) atoms. The second kappa shape index (κ2) is 8.78. The van der Waals surface area contributed by atoms with Crippen molar-refractivity contribution in [2.45, 2.75) is 39.0 Å². The van der Waals surface area contributed by atoms with Gasteiger partial charge in [0.2, 0.25) is 5.91 Å². The third-order valence-electron chi connectivity index (χ3n) is 4.02. The summed E-state index contributed by atoms with van der Waals surface area (Å²) in [5.41, 5.74) is 5.01. The molecule has 0 bridgehead atoms. The maximum atomic E-state index is 12.2. The van der Waals surface area contributed by atoms with Crippen LogP contribution in [-0.4, -0.2) is 11.7 Å². The molecule has 0 radical (unpaired) electrons. The molecular weight excluding hydrogens is 302 g/mol. The van der Waals surface area contributed by atoms with Crippen LogP contribution in [0, 0.1) is 13.8 Å². The van der Waals surface area contributed by atoms with Gasteiger partial charge in [0.15, 0.2) is 0 Å². The molecule has 2 rings (SSSR count). The lowest BCUT2D eigenvalue weighted by Gasteiger charge is -2.18. The van der Waals surface area contributed by atoms with Gasteiger partial charge in [-0.15, -0.1) is 11.8 Å². The van der Waals surface area contributed by atoms with Crippen LogP contribution in [0.25, 0.3) is 0 Å². The van der Waals surface area contributed by atoms with Crippen molar-refractivity contribution in [3.63, 3.8) is 0 Å². The standard InChI is InChI=1S/C20H25NOS/c1-4-19(18-11-10-15(2)16(3)12-18)21-20(22)14-23-13-17-8-6-5-7-9-17/h5-12,19H,4,13-14H2,1-3H3,(H,21,22). The highest BCUT2D eigenvalue weighted by Crippen LogP contribution is 2.20. The Bertz CT molecular complexity index is 639. The number of hydrogen-bond acceptors (Lipinski definition) is 2. The Hall–Kier alpha value is -1.74. The molecule has 2 aromatic rings. The number of nitrogens with one attached hydrogen (secondary N) is 1. The summed E-state index contributed by atoms with van der Waals surface area (Å²) in [7, 11) is 0. The summed E-state index contributed by atoms with van der Waals surface area (Å²) in [6.45, 7) is 6.33. The van der Waals surface area contributed by atoms with E-state index in [1.165, 1.54) is 22.3 Å². The zero-order chi connectivity index (χ0) is 16.7. The first-order chi connectivity index (χ1) is 11.1. The molecule has 0 aliphatic heterocycles. The Morgan fingerprint density at radius 1 is 1.09 bits per heavy atom. The summed E-state index contributed by atoms with van der Waals surface area (Å²) >= 11 is 1.66. The van der Waals surface area contributed by atoms with Crippen LogP contribution in [0.2, 0.25) is 0 Å². The Morgan fingerprint density at radius 3 is 2.48 bits per heavy atom. The second-order valence-electron chi connectivity index (χ2n) is 5.85. The van der Waals surface area contributed by atoms with E-state index >= 15 is 0 Å². The van der Waals surface area contributed by atoms with E-state index in [1.54, 1.807) is 11.8 Å². The molecule has 2 aromatic carbocycles. The molecule has 0 saturated carbocycles. The van der Waals surface area contributed by atoms with E-state index in [-0.39, 0.29) is 11.9 Å². The molecule has 3 heteroatoms. The molecule has 1 atom stereocenters. The lowest BCUT2D eigenvalue weighted by Crippen LogP contribution is -2.29. The lowest BCUT2D eigenvalue weighted by atomic mass is 9.99. The van der Waals surface area contributed by atoms with Gasteiger partial charge in [0.05, 0.1) is 11.8 Å². The normalized spacial score (nSPS) is 12.0. The van der Waals surface area contributed by atoms with Crippen molar-refractivity contribution in [2.24, 2.45) is 0 Å². The van der Waals surface area contributed by atoms with E-state index in [0.29, 0.717) is 5.75 Å². The van der Waals surface area contributed by atoms with Crippen LogP contribution >= 0.6 is 11.8 Å². The van der Waals surface area contributed by atoms with Crippen molar-refractivity contribution in [3.05, 3.63) is 70.8 Å². The van der Waals surface area contributed by atoms with Crippen LogP contribution in [0.1, 0.15) is 41.6 Å². The lowest BCUT2D eigenvalue weighted by molar-refractivity contribution is -0.119. The summed E-state index contributed by atoms with van der Waals surface area (Å²) < 4.78 is 0. The maximum absolute atomic E-state index is 12.2.